The molecule has 108 valence electrons. The van der Waals surface area contributed by atoms with Crippen LogP contribution in [0.25, 0.3) is 0 Å². The Balaban J connectivity index is 2.80. The first kappa shape index (κ1) is 15.6. The number of benzene rings is 1. The predicted octanol–water partition coefficient (Wildman–Crippen LogP) is 1.65. The monoisotopic (exact) mass is 280 g/mol. The van der Waals surface area contributed by atoms with Gasteiger partial charge in [0.25, 0.3) is 11.6 Å². The lowest BCUT2D eigenvalue weighted by molar-refractivity contribution is -0.384. The smallest absolute Gasteiger partial charge is 0.270 e. The fourth-order valence-corrected chi connectivity index (χ4v) is 1.68. The molecule has 1 amide bonds. The molecular weight excluding hydrogens is 264 g/mol. The fraction of sp³-hybridized carbons (Fsp3) is 0.385. The van der Waals surface area contributed by atoms with E-state index in [1.165, 1.54) is 12.1 Å². The van der Waals surface area contributed by atoms with Crippen molar-refractivity contribution in [2.24, 2.45) is 0 Å². The number of ether oxygens (including phenoxy) is 1. The maximum atomic E-state index is 11.8. The number of nitro groups is 1. The summed E-state index contributed by atoms with van der Waals surface area (Å²) < 4.78 is 5.26. The number of rotatable bonds is 7. The summed E-state index contributed by atoms with van der Waals surface area (Å²) in [5, 5.41) is 10.6. The number of carbonyl (C=O) groups is 2. The number of hydrogen-bond acceptors (Lipinski definition) is 5. The molecule has 0 aliphatic heterocycles. The maximum absolute atomic E-state index is 11.8. The first-order valence-electron chi connectivity index (χ1n) is 6.17. The summed E-state index contributed by atoms with van der Waals surface area (Å²) in [5.41, 5.74) is -0.152. The third-order valence-corrected chi connectivity index (χ3v) is 2.80. The number of aldehydes is 1. The van der Waals surface area contributed by atoms with E-state index >= 15 is 0 Å². The lowest BCUT2D eigenvalue weighted by Crippen LogP contribution is -2.34. The summed E-state index contributed by atoms with van der Waals surface area (Å²) in [6, 6.07) is 3.66. The zero-order valence-electron chi connectivity index (χ0n) is 11.4. The molecule has 0 fully saturated rings. The Kier molecular flexibility index (Phi) is 5.64. The van der Waals surface area contributed by atoms with E-state index in [2.05, 4.69) is 0 Å². The zero-order valence-corrected chi connectivity index (χ0v) is 11.4. The molecule has 0 aromatic heterocycles. The van der Waals surface area contributed by atoms with E-state index in [0.29, 0.717) is 19.4 Å². The van der Waals surface area contributed by atoms with Gasteiger partial charge in [0, 0.05) is 25.2 Å². The average Bonchev–Trinajstić information content (AvgIpc) is 2.45. The van der Waals surface area contributed by atoms with Gasteiger partial charge in [-0.1, -0.05) is 0 Å². The molecule has 1 rings (SSSR count). The second kappa shape index (κ2) is 7.22. The van der Waals surface area contributed by atoms with Gasteiger partial charge >= 0.3 is 0 Å². The lowest BCUT2D eigenvalue weighted by atomic mass is 10.2. The van der Waals surface area contributed by atoms with Crippen LogP contribution in [0.4, 0.5) is 5.69 Å². The van der Waals surface area contributed by atoms with Crippen molar-refractivity contribution in [1.82, 2.24) is 4.90 Å². The van der Waals surface area contributed by atoms with Crippen molar-refractivity contribution in [2.45, 2.75) is 13.8 Å². The molecule has 1 aromatic rings. The Morgan fingerprint density at radius 2 is 2.05 bits per heavy atom. The van der Waals surface area contributed by atoms with Crippen LogP contribution in [0.1, 0.15) is 24.2 Å². The van der Waals surface area contributed by atoms with Gasteiger partial charge in [0.1, 0.15) is 5.75 Å². The minimum atomic E-state index is -0.599. The van der Waals surface area contributed by atoms with Gasteiger partial charge in [-0.3, -0.25) is 19.7 Å². The van der Waals surface area contributed by atoms with Crippen LogP contribution in [0.15, 0.2) is 18.2 Å². The van der Waals surface area contributed by atoms with Crippen molar-refractivity contribution in [1.29, 1.82) is 0 Å². The Bertz CT molecular complexity index is 511. The second-order valence-electron chi connectivity index (χ2n) is 3.95. The van der Waals surface area contributed by atoms with Crippen molar-refractivity contribution in [3.05, 3.63) is 33.9 Å². The van der Waals surface area contributed by atoms with Gasteiger partial charge < -0.3 is 9.64 Å². The summed E-state index contributed by atoms with van der Waals surface area (Å²) in [6.45, 7) is 4.63. The van der Waals surface area contributed by atoms with Gasteiger partial charge in [-0.15, -0.1) is 0 Å². The topological polar surface area (TPSA) is 89.8 Å². The molecular formula is C13H16N2O5. The molecule has 20 heavy (non-hydrogen) atoms. The first-order valence-corrected chi connectivity index (χ1v) is 6.17. The van der Waals surface area contributed by atoms with Crippen LogP contribution in [0.2, 0.25) is 0 Å². The van der Waals surface area contributed by atoms with Gasteiger partial charge in [-0.25, -0.2) is 0 Å². The van der Waals surface area contributed by atoms with Crippen LogP contribution in [0, 0.1) is 10.1 Å². The second-order valence-corrected chi connectivity index (χ2v) is 3.95. The molecule has 0 unspecified atom stereocenters. The number of non-ortho nitro benzene ring substituents is 1. The number of nitro benzene ring substituents is 1. The standard InChI is InChI=1S/C13H16N2O5/c1-3-14(4-2)13(17)9-20-12-6-5-11(15(18)19)7-10(12)8-16/h5-8H,3-4,9H2,1-2H3. The van der Waals surface area contributed by atoms with E-state index in [1.54, 1.807) is 4.90 Å². The van der Waals surface area contributed by atoms with Crippen molar-refractivity contribution < 1.29 is 19.2 Å². The summed E-state index contributed by atoms with van der Waals surface area (Å²) >= 11 is 0. The highest BCUT2D eigenvalue weighted by atomic mass is 16.6. The van der Waals surface area contributed by atoms with Crippen molar-refractivity contribution in [3.63, 3.8) is 0 Å². The highest BCUT2D eigenvalue weighted by Crippen LogP contribution is 2.22. The van der Waals surface area contributed by atoms with E-state index in [-0.39, 0.29) is 29.5 Å². The minimum absolute atomic E-state index is 0.0477. The first-order chi connectivity index (χ1) is 9.53. The molecule has 0 bridgehead atoms. The molecule has 0 heterocycles. The summed E-state index contributed by atoms with van der Waals surface area (Å²) in [7, 11) is 0. The van der Waals surface area contributed by atoms with Crippen molar-refractivity contribution in [3.8, 4) is 5.75 Å². The Morgan fingerprint density at radius 1 is 1.40 bits per heavy atom. The fourth-order valence-electron chi connectivity index (χ4n) is 1.68. The molecule has 7 heteroatoms. The molecule has 0 atom stereocenters. The SMILES string of the molecule is CCN(CC)C(=O)COc1ccc([N+](=O)[O-])cc1C=O. The van der Waals surface area contributed by atoms with Gasteiger partial charge in [-0.2, -0.15) is 0 Å². The third kappa shape index (κ3) is 3.78. The van der Waals surface area contributed by atoms with Crippen LogP contribution < -0.4 is 4.74 Å². The Hall–Kier alpha value is -2.44. The zero-order chi connectivity index (χ0) is 15.1. The molecule has 0 saturated heterocycles. The van der Waals surface area contributed by atoms with Crippen LogP contribution in [0.5, 0.6) is 5.75 Å². The van der Waals surface area contributed by atoms with Crippen LogP contribution in [0.3, 0.4) is 0 Å². The molecule has 0 radical (unpaired) electrons. The average molecular weight is 280 g/mol. The summed E-state index contributed by atoms with van der Waals surface area (Å²) in [5.74, 6) is -0.0451. The summed E-state index contributed by atoms with van der Waals surface area (Å²) in [4.78, 5) is 34.2. The number of amides is 1. The van der Waals surface area contributed by atoms with E-state index < -0.39 is 4.92 Å². The number of hydrogen-bond donors (Lipinski definition) is 0. The molecule has 0 N–H and O–H groups in total. The van der Waals surface area contributed by atoms with E-state index in [9.17, 15) is 19.7 Å². The molecule has 7 nitrogen and oxygen atoms in total. The molecule has 0 aliphatic rings. The molecule has 0 aliphatic carbocycles. The lowest BCUT2D eigenvalue weighted by Gasteiger charge is -2.18. The minimum Gasteiger partial charge on any atom is -0.483 e. The predicted molar refractivity (Wildman–Crippen MR) is 71.9 cm³/mol. The molecule has 1 aromatic carbocycles. The van der Waals surface area contributed by atoms with Gasteiger partial charge in [0.2, 0.25) is 0 Å². The maximum Gasteiger partial charge on any atom is 0.270 e. The third-order valence-electron chi connectivity index (χ3n) is 2.80. The number of carbonyl (C=O) groups excluding carboxylic acids is 2. The largest absolute Gasteiger partial charge is 0.483 e. The highest BCUT2D eigenvalue weighted by molar-refractivity contribution is 5.82. The Morgan fingerprint density at radius 3 is 2.55 bits per heavy atom. The molecule has 0 saturated carbocycles. The van der Waals surface area contributed by atoms with Gasteiger partial charge in [0.15, 0.2) is 12.9 Å². The number of nitrogens with zero attached hydrogens (tertiary/aromatic N) is 2. The Labute approximate surface area is 116 Å². The molecule has 0 spiro atoms. The van der Waals surface area contributed by atoms with Gasteiger partial charge in [-0.05, 0) is 19.9 Å². The summed E-state index contributed by atoms with van der Waals surface area (Å²) in [6.07, 6.45) is 0.463. The highest BCUT2D eigenvalue weighted by Gasteiger charge is 2.14. The van der Waals surface area contributed by atoms with Crippen LogP contribution in [-0.4, -0.2) is 41.7 Å². The van der Waals surface area contributed by atoms with E-state index in [1.807, 2.05) is 13.8 Å². The quantitative estimate of drug-likeness (QED) is 0.430. The van der Waals surface area contributed by atoms with Gasteiger partial charge in [0.05, 0.1) is 10.5 Å². The van der Waals surface area contributed by atoms with E-state index in [0.717, 1.165) is 6.07 Å². The number of likely N-dealkylation sites (N-methyl/N-ethyl adjacent to an activating group) is 1. The van der Waals surface area contributed by atoms with E-state index in [4.69, 9.17) is 4.74 Å². The normalized spacial score (nSPS) is 9.90. The van der Waals surface area contributed by atoms with Crippen molar-refractivity contribution in [2.75, 3.05) is 19.7 Å². The van der Waals surface area contributed by atoms with Crippen LogP contribution in [-0.2, 0) is 4.79 Å². The van der Waals surface area contributed by atoms with Crippen LogP contribution >= 0.6 is 0 Å². The van der Waals surface area contributed by atoms with Crippen molar-refractivity contribution >= 4 is 17.9 Å².